The van der Waals surface area contributed by atoms with E-state index in [0.29, 0.717) is 23.7 Å². The van der Waals surface area contributed by atoms with E-state index in [1.54, 1.807) is 42.5 Å². The van der Waals surface area contributed by atoms with Gasteiger partial charge in [0.1, 0.15) is 0 Å². The maximum atomic E-state index is 12.3. The van der Waals surface area contributed by atoms with E-state index in [1.165, 1.54) is 18.5 Å². The fourth-order valence-electron chi connectivity index (χ4n) is 2.62. The van der Waals surface area contributed by atoms with Gasteiger partial charge in [-0.15, -0.1) is 0 Å². The van der Waals surface area contributed by atoms with Crippen LogP contribution in [0.25, 0.3) is 0 Å². The fraction of sp³-hybridized carbons (Fsp3) is 0.143. The number of nitrogens with one attached hydrogen (secondary N) is 2. The smallest absolute Gasteiger partial charge is 0.319 e. The number of aromatic nitrogens is 1. The van der Waals surface area contributed by atoms with Gasteiger partial charge in [0, 0.05) is 29.6 Å². The Morgan fingerprint density at radius 2 is 1.66 bits per heavy atom. The van der Waals surface area contributed by atoms with Crippen molar-refractivity contribution in [2.75, 3.05) is 11.1 Å². The first kappa shape index (κ1) is 20.8. The number of sulfone groups is 1. The molecule has 2 amide bonds. The van der Waals surface area contributed by atoms with Crippen LogP contribution in [0.2, 0.25) is 5.02 Å². The Labute approximate surface area is 174 Å². The van der Waals surface area contributed by atoms with Gasteiger partial charge >= 0.3 is 6.03 Å². The Morgan fingerprint density at radius 3 is 2.31 bits per heavy atom. The molecular formula is C21H20ClN3O3S. The average Bonchev–Trinajstić information content (AvgIpc) is 2.73. The molecule has 6 nitrogen and oxygen atoms in total. The first-order valence-corrected chi connectivity index (χ1v) is 11.0. The van der Waals surface area contributed by atoms with Crippen LogP contribution in [0.5, 0.6) is 0 Å². The molecular weight excluding hydrogens is 410 g/mol. The Morgan fingerprint density at radius 1 is 0.966 bits per heavy atom. The molecule has 0 radical (unpaired) electrons. The largest absolute Gasteiger partial charge is 0.334 e. The van der Waals surface area contributed by atoms with Crippen LogP contribution < -0.4 is 10.6 Å². The molecule has 0 bridgehead atoms. The van der Waals surface area contributed by atoms with Crippen molar-refractivity contribution in [2.24, 2.45) is 0 Å². The molecule has 0 atom stereocenters. The molecule has 150 valence electrons. The molecule has 8 heteroatoms. The quantitative estimate of drug-likeness (QED) is 0.592. The molecule has 1 heterocycles. The molecule has 0 aliphatic rings. The van der Waals surface area contributed by atoms with Crippen molar-refractivity contribution in [1.29, 1.82) is 0 Å². The number of benzene rings is 2. The summed E-state index contributed by atoms with van der Waals surface area (Å²) in [6.45, 7) is 0.382. The summed E-state index contributed by atoms with van der Waals surface area (Å²) in [5, 5.41) is 6.16. The van der Waals surface area contributed by atoms with Crippen molar-refractivity contribution in [3.8, 4) is 0 Å². The average molecular weight is 430 g/mol. The number of pyridine rings is 1. The summed E-state index contributed by atoms with van der Waals surface area (Å²) in [4.78, 5) is 16.1. The predicted octanol–water partition coefficient (Wildman–Crippen LogP) is 4.07. The molecule has 0 aliphatic carbocycles. The van der Waals surface area contributed by atoms with Crippen molar-refractivity contribution >= 4 is 33.2 Å². The monoisotopic (exact) mass is 429 g/mol. The highest BCUT2D eigenvalue weighted by atomic mass is 35.5. The number of hydrogen-bond acceptors (Lipinski definition) is 4. The van der Waals surface area contributed by atoms with Gasteiger partial charge in [-0.3, -0.25) is 4.98 Å². The van der Waals surface area contributed by atoms with Crippen LogP contribution in [0, 0.1) is 0 Å². The number of rotatable bonds is 7. The van der Waals surface area contributed by atoms with Gasteiger partial charge in [0.05, 0.1) is 10.6 Å². The fourth-order valence-corrected chi connectivity index (χ4v) is 3.99. The lowest BCUT2D eigenvalue weighted by atomic mass is 10.1. The summed E-state index contributed by atoms with van der Waals surface area (Å²) in [7, 11) is -3.37. The van der Waals surface area contributed by atoms with Gasteiger partial charge in [-0.25, -0.2) is 13.2 Å². The molecule has 1 aromatic heterocycles. The van der Waals surface area contributed by atoms with E-state index in [2.05, 4.69) is 15.6 Å². The van der Waals surface area contributed by atoms with Gasteiger partial charge in [-0.05, 0) is 53.9 Å². The molecule has 0 unspecified atom stereocenters. The number of amides is 2. The van der Waals surface area contributed by atoms with Gasteiger partial charge in [-0.2, -0.15) is 0 Å². The molecule has 29 heavy (non-hydrogen) atoms. The first-order chi connectivity index (χ1) is 13.9. The minimum atomic E-state index is -3.37. The molecule has 2 aromatic carbocycles. The van der Waals surface area contributed by atoms with E-state index in [9.17, 15) is 13.2 Å². The zero-order chi connectivity index (χ0) is 20.7. The predicted molar refractivity (Wildman–Crippen MR) is 114 cm³/mol. The number of urea groups is 1. The van der Waals surface area contributed by atoms with E-state index in [-0.39, 0.29) is 16.7 Å². The van der Waals surface area contributed by atoms with Crippen LogP contribution in [0.4, 0.5) is 10.5 Å². The van der Waals surface area contributed by atoms with Gasteiger partial charge in [0.2, 0.25) is 0 Å². The second-order valence-corrected chi connectivity index (χ2v) is 8.93. The summed E-state index contributed by atoms with van der Waals surface area (Å²) >= 11 is 5.84. The highest BCUT2D eigenvalue weighted by molar-refractivity contribution is 7.91. The Hall–Kier alpha value is -2.90. The van der Waals surface area contributed by atoms with Crippen molar-refractivity contribution < 1.29 is 13.2 Å². The van der Waals surface area contributed by atoms with Crippen LogP contribution in [-0.4, -0.2) is 25.2 Å². The van der Waals surface area contributed by atoms with E-state index in [1.807, 2.05) is 12.1 Å². The Balaban J connectivity index is 1.49. The molecule has 0 fully saturated rings. The van der Waals surface area contributed by atoms with Crippen molar-refractivity contribution in [3.63, 3.8) is 0 Å². The lowest BCUT2D eigenvalue weighted by Gasteiger charge is -2.09. The van der Waals surface area contributed by atoms with Crippen LogP contribution in [-0.2, 0) is 22.8 Å². The summed E-state index contributed by atoms with van der Waals surface area (Å²) < 4.78 is 24.6. The molecule has 3 rings (SSSR count). The van der Waals surface area contributed by atoms with E-state index in [0.717, 1.165) is 11.1 Å². The highest BCUT2D eigenvalue weighted by Crippen LogP contribution is 2.14. The maximum Gasteiger partial charge on any atom is 0.319 e. The van der Waals surface area contributed by atoms with Crippen LogP contribution in [0.3, 0.4) is 0 Å². The van der Waals surface area contributed by atoms with Gasteiger partial charge in [-0.1, -0.05) is 35.9 Å². The Kier molecular flexibility index (Phi) is 6.85. The third-order valence-corrected chi connectivity index (χ3v) is 6.18. The third-order valence-electron chi connectivity index (χ3n) is 4.23. The van der Waals surface area contributed by atoms with Gasteiger partial charge in [0.15, 0.2) is 9.84 Å². The second kappa shape index (κ2) is 9.54. The molecule has 3 aromatic rings. The normalized spacial score (nSPS) is 11.1. The van der Waals surface area contributed by atoms with E-state index >= 15 is 0 Å². The van der Waals surface area contributed by atoms with Gasteiger partial charge < -0.3 is 10.6 Å². The number of halogens is 1. The topological polar surface area (TPSA) is 88.2 Å². The number of anilines is 1. The molecule has 2 N–H and O–H groups in total. The highest BCUT2D eigenvalue weighted by Gasteiger charge is 2.14. The summed E-state index contributed by atoms with van der Waals surface area (Å²) in [5.74, 6) is -0.00690. The van der Waals surface area contributed by atoms with E-state index in [4.69, 9.17) is 11.6 Å². The van der Waals surface area contributed by atoms with Crippen LogP contribution in [0.1, 0.15) is 11.1 Å². The SMILES string of the molecule is O=C(NCc1ccc(Cl)cc1)Nc1ccc(CCS(=O)(=O)c2cccnc2)cc1. The zero-order valence-corrected chi connectivity index (χ0v) is 17.1. The number of nitrogens with zero attached hydrogens (tertiary/aromatic N) is 1. The minimum Gasteiger partial charge on any atom is -0.334 e. The van der Waals surface area contributed by atoms with Gasteiger partial charge in [0.25, 0.3) is 0 Å². The molecule has 0 aliphatic heterocycles. The Bertz CT molecular complexity index is 1050. The zero-order valence-electron chi connectivity index (χ0n) is 15.5. The number of hydrogen-bond donors (Lipinski definition) is 2. The summed E-state index contributed by atoms with van der Waals surface area (Å²) in [6, 6.07) is 17.1. The number of carbonyl (C=O) groups excluding carboxylic acids is 1. The second-order valence-electron chi connectivity index (χ2n) is 6.39. The van der Waals surface area contributed by atoms with E-state index < -0.39 is 9.84 Å². The van der Waals surface area contributed by atoms with Crippen molar-refractivity contribution in [2.45, 2.75) is 17.9 Å². The molecule has 0 spiro atoms. The molecule has 0 saturated carbocycles. The number of aryl methyl sites for hydroxylation is 1. The van der Waals surface area contributed by atoms with Crippen LogP contribution in [0.15, 0.2) is 78.0 Å². The lowest BCUT2D eigenvalue weighted by molar-refractivity contribution is 0.251. The standard InChI is InChI=1S/C21H20ClN3O3S/c22-18-7-3-17(4-8-18)14-24-21(26)25-19-9-5-16(6-10-19)11-13-29(27,28)20-2-1-12-23-15-20/h1-10,12,15H,11,13-14H2,(H2,24,25,26). The third kappa shape index (κ3) is 6.30. The van der Waals surface area contributed by atoms with Crippen molar-refractivity contribution in [3.05, 3.63) is 89.2 Å². The number of carbonyl (C=O) groups is 1. The lowest BCUT2D eigenvalue weighted by Crippen LogP contribution is -2.28. The molecule has 0 saturated heterocycles. The summed E-state index contributed by atoms with van der Waals surface area (Å²) in [6.07, 6.45) is 3.27. The summed E-state index contributed by atoms with van der Waals surface area (Å²) in [5.41, 5.74) is 2.43. The minimum absolute atomic E-state index is 0.00690. The maximum absolute atomic E-state index is 12.3. The van der Waals surface area contributed by atoms with Crippen LogP contribution >= 0.6 is 11.6 Å². The first-order valence-electron chi connectivity index (χ1n) is 8.93. The van der Waals surface area contributed by atoms with Crippen molar-refractivity contribution in [1.82, 2.24) is 10.3 Å².